The van der Waals surface area contributed by atoms with Gasteiger partial charge in [0.15, 0.2) is 0 Å². The van der Waals surface area contributed by atoms with Gasteiger partial charge in [-0.3, -0.25) is 4.79 Å². The van der Waals surface area contributed by atoms with E-state index in [-0.39, 0.29) is 11.9 Å². The maximum Gasteiger partial charge on any atom is 0.252 e. The second kappa shape index (κ2) is 8.71. The minimum absolute atomic E-state index is 0.184. The lowest BCUT2D eigenvalue weighted by Gasteiger charge is -2.27. The van der Waals surface area contributed by atoms with Crippen LogP contribution in [-0.2, 0) is 12.0 Å². The van der Waals surface area contributed by atoms with E-state index in [1.807, 2.05) is 0 Å². The Bertz CT molecular complexity index is 842. The van der Waals surface area contributed by atoms with Crippen molar-refractivity contribution in [3.63, 3.8) is 0 Å². The first-order valence-corrected chi connectivity index (χ1v) is 9.65. The first kappa shape index (κ1) is 20.3. The molecule has 4 N–H and O–H groups in total. The van der Waals surface area contributed by atoms with Gasteiger partial charge in [0.25, 0.3) is 5.91 Å². The number of halogens is 1. The number of carbonyl (C=O) groups excluding carboxylic acids is 1. The summed E-state index contributed by atoms with van der Waals surface area (Å²) < 4.78 is 19.0. The van der Waals surface area contributed by atoms with Crippen LogP contribution in [-0.4, -0.2) is 30.2 Å². The second-order valence-corrected chi connectivity index (χ2v) is 7.47. The minimum Gasteiger partial charge on any atom is -0.493 e. The normalized spacial score (nSPS) is 19.2. The van der Waals surface area contributed by atoms with Crippen LogP contribution >= 0.6 is 0 Å². The number of nitrogens with two attached hydrogens (primary N) is 1. The van der Waals surface area contributed by atoms with Crippen molar-refractivity contribution >= 4 is 5.91 Å². The number of ether oxygens (including phenoxy) is 1. The summed E-state index contributed by atoms with van der Waals surface area (Å²) in [7, 11) is 0. The van der Waals surface area contributed by atoms with Crippen LogP contribution in [0.25, 0.3) is 0 Å². The number of nitrogens with one attached hydrogen (secondary N) is 1. The molecule has 0 radical (unpaired) electrons. The van der Waals surface area contributed by atoms with E-state index in [1.165, 1.54) is 12.1 Å². The van der Waals surface area contributed by atoms with Crippen LogP contribution in [0.4, 0.5) is 4.39 Å². The Hall–Kier alpha value is -2.44. The zero-order chi connectivity index (χ0) is 20.1. The number of rotatable bonds is 9. The fourth-order valence-electron chi connectivity index (χ4n) is 3.70. The molecule has 2 unspecified atom stereocenters. The lowest BCUT2D eigenvalue weighted by atomic mass is 9.95. The summed E-state index contributed by atoms with van der Waals surface area (Å²) in [5, 5.41) is 14.3. The van der Waals surface area contributed by atoms with Crippen molar-refractivity contribution < 1.29 is 19.0 Å². The maximum atomic E-state index is 13.4. The summed E-state index contributed by atoms with van der Waals surface area (Å²) in [6.07, 6.45) is 2.93. The summed E-state index contributed by atoms with van der Waals surface area (Å²) in [6, 6.07) is 11.7. The van der Waals surface area contributed by atoms with Crippen molar-refractivity contribution in [3.8, 4) is 5.75 Å². The monoisotopic (exact) mass is 386 g/mol. The third kappa shape index (κ3) is 4.69. The molecule has 3 rings (SSSR count). The molecule has 0 aliphatic heterocycles. The molecule has 0 aromatic heterocycles. The Morgan fingerprint density at radius 2 is 2.14 bits per heavy atom. The molecule has 2 aromatic rings. The van der Waals surface area contributed by atoms with Crippen LogP contribution in [0.2, 0.25) is 0 Å². The molecule has 6 heteroatoms. The molecule has 1 amide bonds. The van der Waals surface area contributed by atoms with Gasteiger partial charge in [-0.1, -0.05) is 18.2 Å². The summed E-state index contributed by atoms with van der Waals surface area (Å²) in [5.74, 6) is -0.266. The van der Waals surface area contributed by atoms with Crippen LogP contribution < -0.4 is 15.8 Å². The average molecular weight is 386 g/mol. The van der Waals surface area contributed by atoms with Gasteiger partial charge in [0.05, 0.1) is 12.2 Å². The van der Waals surface area contributed by atoms with E-state index in [0.717, 1.165) is 24.0 Å². The molecule has 0 fully saturated rings. The van der Waals surface area contributed by atoms with Crippen molar-refractivity contribution in [2.45, 2.75) is 44.2 Å². The third-order valence-electron chi connectivity index (χ3n) is 5.31. The molecule has 0 bridgehead atoms. The van der Waals surface area contributed by atoms with Gasteiger partial charge in [0.1, 0.15) is 17.2 Å². The Morgan fingerprint density at radius 1 is 1.36 bits per heavy atom. The average Bonchev–Trinajstić information content (AvgIpc) is 3.00. The van der Waals surface area contributed by atoms with E-state index in [1.54, 1.807) is 30.3 Å². The van der Waals surface area contributed by atoms with E-state index in [9.17, 15) is 14.3 Å². The number of para-hydroxylation sites is 1. The highest BCUT2D eigenvalue weighted by Gasteiger charge is 2.36. The standard InChI is InChI=1S/C22H27FN2O3/c1-15(5-4-12-28-20-7-3-2-6-18(20)21(24)26)25-14-22(27)11-10-16-13-17(23)8-9-19(16)22/h2-3,6-9,13,15,25,27H,4-5,10-12,14H2,1H3,(H2,24,26). The lowest BCUT2D eigenvalue weighted by molar-refractivity contribution is 0.0359. The molecule has 2 aromatic carbocycles. The molecule has 0 spiro atoms. The molecule has 1 aliphatic rings. The van der Waals surface area contributed by atoms with Gasteiger partial charge in [0.2, 0.25) is 0 Å². The number of aliphatic hydroxyl groups is 1. The van der Waals surface area contributed by atoms with Crippen molar-refractivity contribution in [3.05, 3.63) is 65.0 Å². The summed E-state index contributed by atoms with van der Waals surface area (Å²) in [6.45, 7) is 2.96. The smallest absolute Gasteiger partial charge is 0.252 e. The van der Waals surface area contributed by atoms with Crippen molar-refractivity contribution in [1.29, 1.82) is 0 Å². The quantitative estimate of drug-likeness (QED) is 0.579. The number of amides is 1. The first-order valence-electron chi connectivity index (χ1n) is 9.65. The zero-order valence-electron chi connectivity index (χ0n) is 16.1. The largest absolute Gasteiger partial charge is 0.493 e. The third-order valence-corrected chi connectivity index (χ3v) is 5.31. The topological polar surface area (TPSA) is 84.6 Å². The summed E-state index contributed by atoms with van der Waals surface area (Å²) >= 11 is 0. The highest BCUT2D eigenvalue weighted by atomic mass is 19.1. The molecule has 0 heterocycles. The highest BCUT2D eigenvalue weighted by Crippen LogP contribution is 2.36. The van der Waals surface area contributed by atoms with E-state index in [0.29, 0.717) is 37.3 Å². The Labute approximate surface area is 164 Å². The number of aryl methyl sites for hydroxylation is 1. The summed E-state index contributed by atoms with van der Waals surface area (Å²) in [4.78, 5) is 11.4. The fourth-order valence-corrected chi connectivity index (χ4v) is 3.70. The number of hydrogen-bond acceptors (Lipinski definition) is 4. The van der Waals surface area contributed by atoms with Crippen molar-refractivity contribution in [2.24, 2.45) is 5.73 Å². The molecular weight excluding hydrogens is 359 g/mol. The van der Waals surface area contributed by atoms with Crippen LogP contribution in [0, 0.1) is 5.82 Å². The number of carbonyl (C=O) groups is 1. The van der Waals surface area contributed by atoms with E-state index < -0.39 is 11.5 Å². The van der Waals surface area contributed by atoms with Crippen molar-refractivity contribution in [1.82, 2.24) is 5.32 Å². The Kier molecular flexibility index (Phi) is 6.31. The van der Waals surface area contributed by atoms with Crippen LogP contribution in [0.1, 0.15) is 47.7 Å². The van der Waals surface area contributed by atoms with E-state index in [2.05, 4.69) is 12.2 Å². The number of hydrogen-bond donors (Lipinski definition) is 3. The highest BCUT2D eigenvalue weighted by molar-refractivity contribution is 5.95. The number of benzene rings is 2. The Morgan fingerprint density at radius 3 is 2.93 bits per heavy atom. The summed E-state index contributed by atoms with van der Waals surface area (Å²) in [5.41, 5.74) is 6.49. The first-order chi connectivity index (χ1) is 13.4. The second-order valence-electron chi connectivity index (χ2n) is 7.47. The lowest BCUT2D eigenvalue weighted by Crippen LogP contribution is -2.40. The van der Waals surface area contributed by atoms with Gasteiger partial charge in [-0.05, 0) is 68.0 Å². The molecule has 1 aliphatic carbocycles. The zero-order valence-corrected chi connectivity index (χ0v) is 16.1. The molecule has 0 saturated carbocycles. The van der Waals surface area contributed by atoms with Crippen LogP contribution in [0.3, 0.4) is 0 Å². The molecular formula is C22H27FN2O3. The number of primary amides is 1. The van der Waals surface area contributed by atoms with Gasteiger partial charge in [-0.2, -0.15) is 0 Å². The van der Waals surface area contributed by atoms with Crippen LogP contribution in [0.15, 0.2) is 42.5 Å². The maximum absolute atomic E-state index is 13.4. The molecule has 28 heavy (non-hydrogen) atoms. The van der Waals surface area contributed by atoms with Gasteiger partial charge in [-0.15, -0.1) is 0 Å². The van der Waals surface area contributed by atoms with Gasteiger partial charge in [0, 0.05) is 12.6 Å². The fraction of sp³-hybridized carbons (Fsp3) is 0.409. The van der Waals surface area contributed by atoms with Gasteiger partial charge in [-0.25, -0.2) is 4.39 Å². The van der Waals surface area contributed by atoms with Crippen molar-refractivity contribution in [2.75, 3.05) is 13.2 Å². The molecule has 0 saturated heterocycles. The van der Waals surface area contributed by atoms with E-state index in [4.69, 9.17) is 10.5 Å². The van der Waals surface area contributed by atoms with Gasteiger partial charge < -0.3 is 20.9 Å². The molecule has 5 nitrogen and oxygen atoms in total. The predicted molar refractivity (Wildman–Crippen MR) is 106 cm³/mol. The van der Waals surface area contributed by atoms with E-state index >= 15 is 0 Å². The SMILES string of the molecule is CC(CCCOc1ccccc1C(N)=O)NCC1(O)CCc2cc(F)ccc21. The minimum atomic E-state index is -0.950. The predicted octanol–water partition coefficient (Wildman–Crippen LogP) is 2.90. The molecule has 150 valence electrons. The van der Waals surface area contributed by atoms with Gasteiger partial charge >= 0.3 is 0 Å². The number of fused-ring (bicyclic) bond motifs is 1. The molecule has 2 atom stereocenters. The van der Waals surface area contributed by atoms with Crippen LogP contribution in [0.5, 0.6) is 5.75 Å². The Balaban J connectivity index is 1.44.